The summed E-state index contributed by atoms with van der Waals surface area (Å²) < 4.78 is 39.5. The number of halogens is 2. The predicted octanol–water partition coefficient (Wildman–Crippen LogP) is 6.01. The van der Waals surface area contributed by atoms with E-state index in [0.29, 0.717) is 47.8 Å². The van der Waals surface area contributed by atoms with E-state index in [0.717, 1.165) is 28.8 Å². The number of carboxylic acid groups (broad SMARTS) is 1. The molecule has 4 aromatic rings. The van der Waals surface area contributed by atoms with Crippen LogP contribution in [-0.2, 0) is 16.9 Å². The van der Waals surface area contributed by atoms with E-state index in [1.54, 1.807) is 41.2 Å². The molecule has 0 saturated heterocycles. The van der Waals surface area contributed by atoms with Crippen molar-refractivity contribution in [3.63, 3.8) is 0 Å². The molecule has 11 heteroatoms. The summed E-state index contributed by atoms with van der Waals surface area (Å²) in [5.41, 5.74) is 2.08. The molecule has 2 fully saturated rings. The van der Waals surface area contributed by atoms with Crippen LogP contribution in [0.2, 0.25) is 0 Å². The van der Waals surface area contributed by atoms with E-state index in [2.05, 4.69) is 10.1 Å². The molecule has 0 radical (unpaired) electrons. The smallest absolute Gasteiger partial charge is 0.387 e. The van der Waals surface area contributed by atoms with Crippen LogP contribution in [0.25, 0.3) is 15.9 Å². The number of aromatic carboxylic acids is 1. The summed E-state index contributed by atoms with van der Waals surface area (Å²) >= 11 is 1.32. The minimum atomic E-state index is -2.94. The average molecular weight is 556 g/mol. The summed E-state index contributed by atoms with van der Waals surface area (Å²) in [5.74, 6) is -0.565. The van der Waals surface area contributed by atoms with Gasteiger partial charge in [-0.05, 0) is 80.3 Å². The molecule has 2 aromatic heterocycles. The zero-order valence-corrected chi connectivity index (χ0v) is 21.7. The molecule has 0 bridgehead atoms. The zero-order chi connectivity index (χ0) is 27.1. The van der Waals surface area contributed by atoms with Gasteiger partial charge in [-0.15, -0.1) is 11.3 Å². The highest BCUT2D eigenvalue weighted by Crippen LogP contribution is 2.44. The number of aliphatic hydroxyl groups is 1. The Kier molecular flexibility index (Phi) is 6.82. The fourth-order valence-corrected chi connectivity index (χ4v) is 6.36. The number of nitrogens with zero attached hydrogens (tertiary/aromatic N) is 3. The summed E-state index contributed by atoms with van der Waals surface area (Å²) in [6.45, 7) is -2.68. The first-order chi connectivity index (χ1) is 18.8. The van der Waals surface area contributed by atoms with Crippen LogP contribution in [0.1, 0.15) is 71.1 Å². The van der Waals surface area contributed by atoms with Gasteiger partial charge >= 0.3 is 12.6 Å². The van der Waals surface area contributed by atoms with Crippen LogP contribution in [0.4, 0.5) is 8.78 Å². The summed E-state index contributed by atoms with van der Waals surface area (Å²) in [6.07, 6.45) is 5.96. The maximum atomic E-state index is 13.0. The lowest BCUT2D eigenvalue weighted by Crippen LogP contribution is -2.34. The Hall–Kier alpha value is -3.41. The SMILES string of the molecule is O=C(O)c1ccc2nc([C@]3(O)CC[C@@H](OCc4c(C5CC5)cnn4-c4ccccc4OC(F)F)CC3)sc2c1. The molecular weight excluding hydrogens is 528 g/mol. The summed E-state index contributed by atoms with van der Waals surface area (Å²) in [7, 11) is 0. The van der Waals surface area contributed by atoms with Crippen LogP contribution in [-0.4, -0.2) is 43.7 Å². The Morgan fingerprint density at radius 1 is 1.15 bits per heavy atom. The topological polar surface area (TPSA) is 107 Å². The van der Waals surface area contributed by atoms with Crippen molar-refractivity contribution in [1.29, 1.82) is 0 Å². The minimum Gasteiger partial charge on any atom is -0.478 e. The molecule has 39 heavy (non-hydrogen) atoms. The van der Waals surface area contributed by atoms with E-state index in [4.69, 9.17) is 9.47 Å². The van der Waals surface area contributed by atoms with Crippen molar-refractivity contribution in [1.82, 2.24) is 14.8 Å². The number of hydrogen-bond donors (Lipinski definition) is 2. The highest BCUT2D eigenvalue weighted by molar-refractivity contribution is 7.18. The molecule has 2 saturated carbocycles. The van der Waals surface area contributed by atoms with Crippen molar-refractivity contribution in [2.24, 2.45) is 0 Å². The number of aromatic nitrogens is 3. The number of fused-ring (bicyclic) bond motifs is 1. The van der Waals surface area contributed by atoms with Gasteiger partial charge in [-0.2, -0.15) is 13.9 Å². The van der Waals surface area contributed by atoms with E-state index in [1.807, 2.05) is 0 Å². The van der Waals surface area contributed by atoms with E-state index < -0.39 is 18.2 Å². The molecule has 2 aliphatic carbocycles. The van der Waals surface area contributed by atoms with E-state index in [-0.39, 0.29) is 24.0 Å². The number of para-hydroxylation sites is 2. The number of carboxylic acids is 1. The number of rotatable bonds is 9. The predicted molar refractivity (Wildman–Crippen MR) is 140 cm³/mol. The molecule has 0 unspecified atom stereocenters. The second-order valence-corrected chi connectivity index (χ2v) is 11.2. The normalized spacial score (nSPS) is 21.5. The molecule has 2 aromatic carbocycles. The first-order valence-electron chi connectivity index (χ1n) is 12.9. The van der Waals surface area contributed by atoms with Gasteiger partial charge in [-0.1, -0.05) is 12.1 Å². The number of hydrogen-bond acceptors (Lipinski definition) is 7. The molecular formula is C28H27F2N3O5S. The van der Waals surface area contributed by atoms with Gasteiger partial charge in [0.25, 0.3) is 0 Å². The average Bonchev–Trinajstić information content (AvgIpc) is 3.52. The maximum Gasteiger partial charge on any atom is 0.387 e. The quantitative estimate of drug-likeness (QED) is 0.261. The zero-order valence-electron chi connectivity index (χ0n) is 20.9. The minimum absolute atomic E-state index is 0.0493. The van der Waals surface area contributed by atoms with Gasteiger partial charge in [0.2, 0.25) is 0 Å². The summed E-state index contributed by atoms with van der Waals surface area (Å²) in [4.78, 5) is 15.9. The molecule has 0 amide bonds. The third kappa shape index (κ3) is 5.26. The van der Waals surface area contributed by atoms with Crippen LogP contribution < -0.4 is 4.74 Å². The van der Waals surface area contributed by atoms with Crippen molar-refractivity contribution in [2.45, 2.75) is 69.4 Å². The van der Waals surface area contributed by atoms with E-state index in [9.17, 15) is 23.8 Å². The van der Waals surface area contributed by atoms with Gasteiger partial charge in [0.15, 0.2) is 5.75 Å². The van der Waals surface area contributed by atoms with Gasteiger partial charge in [0, 0.05) is 0 Å². The lowest BCUT2D eigenvalue weighted by Gasteiger charge is -2.34. The highest BCUT2D eigenvalue weighted by Gasteiger charge is 2.38. The van der Waals surface area contributed by atoms with Crippen LogP contribution in [0.15, 0.2) is 48.7 Å². The number of alkyl halides is 2. The Morgan fingerprint density at radius 3 is 2.64 bits per heavy atom. The second kappa shape index (κ2) is 10.3. The van der Waals surface area contributed by atoms with Gasteiger partial charge in [0.05, 0.1) is 40.4 Å². The van der Waals surface area contributed by atoms with Crippen molar-refractivity contribution in [3.8, 4) is 11.4 Å². The van der Waals surface area contributed by atoms with Crippen LogP contribution in [0.5, 0.6) is 5.75 Å². The third-order valence-corrected chi connectivity index (χ3v) is 8.69. The van der Waals surface area contributed by atoms with Crippen molar-refractivity contribution in [2.75, 3.05) is 0 Å². The van der Waals surface area contributed by atoms with Crippen LogP contribution in [0.3, 0.4) is 0 Å². The highest BCUT2D eigenvalue weighted by atomic mass is 32.1. The summed E-state index contributed by atoms with van der Waals surface area (Å²) in [6, 6.07) is 11.4. The van der Waals surface area contributed by atoms with Crippen LogP contribution >= 0.6 is 11.3 Å². The number of carbonyl (C=O) groups is 1. The Morgan fingerprint density at radius 2 is 1.92 bits per heavy atom. The Bertz CT molecular complexity index is 1510. The van der Waals surface area contributed by atoms with Gasteiger partial charge < -0.3 is 19.7 Å². The maximum absolute atomic E-state index is 13.0. The lowest BCUT2D eigenvalue weighted by molar-refractivity contribution is -0.0649. The van der Waals surface area contributed by atoms with Gasteiger partial charge in [-0.3, -0.25) is 0 Å². The number of benzene rings is 2. The van der Waals surface area contributed by atoms with E-state index in [1.165, 1.54) is 23.5 Å². The fraction of sp³-hybridized carbons (Fsp3) is 0.393. The molecule has 204 valence electrons. The summed E-state index contributed by atoms with van der Waals surface area (Å²) in [5, 5.41) is 25.8. The molecule has 2 N–H and O–H groups in total. The van der Waals surface area contributed by atoms with Crippen molar-refractivity contribution >= 4 is 27.5 Å². The third-order valence-electron chi connectivity index (χ3n) is 7.48. The molecule has 8 nitrogen and oxygen atoms in total. The largest absolute Gasteiger partial charge is 0.478 e. The second-order valence-electron chi connectivity index (χ2n) is 10.1. The number of thiazole rings is 1. The fourth-order valence-electron chi connectivity index (χ4n) is 5.20. The van der Waals surface area contributed by atoms with Gasteiger partial charge in [-0.25, -0.2) is 14.5 Å². The van der Waals surface area contributed by atoms with Gasteiger partial charge in [0.1, 0.15) is 16.3 Å². The lowest BCUT2D eigenvalue weighted by atomic mass is 9.83. The molecule has 0 spiro atoms. The molecule has 0 atom stereocenters. The monoisotopic (exact) mass is 555 g/mol. The molecule has 6 rings (SSSR count). The molecule has 0 aliphatic heterocycles. The standard InChI is InChI=1S/C28H27F2N3O5S/c29-27(30)38-23-4-2-1-3-21(23)33-22(19(14-31-33)16-5-6-16)15-37-18-9-11-28(36,12-10-18)26-32-20-8-7-17(25(34)35)13-24(20)39-26/h1-4,7-8,13-14,16,18,27,36H,5-6,9-12,15H2,(H,34,35)/t18-,28+. The van der Waals surface area contributed by atoms with Crippen molar-refractivity contribution < 1.29 is 33.3 Å². The van der Waals surface area contributed by atoms with Crippen LogP contribution in [0, 0.1) is 0 Å². The Labute approximate surface area is 226 Å². The molecule has 2 aliphatic rings. The Balaban J connectivity index is 1.16. The first kappa shape index (κ1) is 25.8. The van der Waals surface area contributed by atoms with Crippen molar-refractivity contribution in [3.05, 3.63) is 70.5 Å². The molecule has 2 heterocycles. The van der Waals surface area contributed by atoms with E-state index >= 15 is 0 Å². The first-order valence-corrected chi connectivity index (χ1v) is 13.7. The number of ether oxygens (including phenoxy) is 2.